The number of nitrogens with one attached hydrogen (secondary N) is 2. The monoisotopic (exact) mass is 506 g/mol. The van der Waals surface area contributed by atoms with Crippen molar-refractivity contribution in [2.75, 3.05) is 39.4 Å². The van der Waals surface area contributed by atoms with Crippen LogP contribution in [-0.2, 0) is 19.6 Å². The van der Waals surface area contributed by atoms with Crippen LogP contribution in [0.3, 0.4) is 0 Å². The second-order valence-corrected chi connectivity index (χ2v) is 12.2. The molecule has 2 N–H and O–H groups in total. The zero-order valence-electron chi connectivity index (χ0n) is 21.2. The Bertz CT molecular complexity index is 1010. The Hall–Kier alpha value is -2.27. The quantitative estimate of drug-likeness (QED) is 0.520. The molecule has 2 aliphatic heterocycles. The molecule has 0 radical (unpaired) electrons. The fourth-order valence-electron chi connectivity index (χ4n) is 5.41. The van der Waals surface area contributed by atoms with Crippen molar-refractivity contribution in [1.29, 1.82) is 0 Å². The third-order valence-corrected chi connectivity index (χ3v) is 8.93. The zero-order valence-corrected chi connectivity index (χ0v) is 22.0. The molecule has 2 heterocycles. The number of hydrogen-bond donors (Lipinski definition) is 2. The van der Waals surface area contributed by atoms with Gasteiger partial charge in [0.15, 0.2) is 0 Å². The van der Waals surface area contributed by atoms with Crippen LogP contribution in [-0.4, -0.2) is 85.9 Å². The third-order valence-electron chi connectivity index (χ3n) is 6.60. The number of benzene rings is 1. The molecule has 2 aliphatic rings. The van der Waals surface area contributed by atoms with Gasteiger partial charge in [-0.05, 0) is 70.9 Å². The number of carbonyl (C=O) groups excluding carboxylic acids is 2. The molecular formula is C25H38N4O5S. The Balaban J connectivity index is 1.70. The van der Waals surface area contributed by atoms with Crippen molar-refractivity contribution in [3.05, 3.63) is 42.5 Å². The molecule has 0 aliphatic carbocycles. The Kier molecular flexibility index (Phi) is 8.41. The summed E-state index contributed by atoms with van der Waals surface area (Å²) in [5, 5.41) is 5.81. The fourth-order valence-corrected chi connectivity index (χ4v) is 7.56. The first-order chi connectivity index (χ1) is 16.4. The molecule has 3 rings (SSSR count). The van der Waals surface area contributed by atoms with E-state index in [0.29, 0.717) is 38.2 Å². The average Bonchev–Trinajstić information content (AvgIpc) is 2.77. The van der Waals surface area contributed by atoms with Crippen molar-refractivity contribution >= 4 is 21.8 Å². The molecule has 0 spiro atoms. The highest BCUT2D eigenvalue weighted by molar-refractivity contribution is 7.89. The molecule has 0 bridgehead atoms. The summed E-state index contributed by atoms with van der Waals surface area (Å²) in [6.07, 6.45) is 2.17. The van der Waals surface area contributed by atoms with Crippen LogP contribution in [0.5, 0.6) is 0 Å². The van der Waals surface area contributed by atoms with E-state index in [9.17, 15) is 18.0 Å². The molecule has 35 heavy (non-hydrogen) atoms. The largest absolute Gasteiger partial charge is 0.379 e. The molecule has 1 aromatic rings. The van der Waals surface area contributed by atoms with E-state index in [1.165, 1.54) is 18.2 Å². The van der Waals surface area contributed by atoms with E-state index in [1.54, 1.807) is 16.4 Å². The number of morpholine rings is 1. The summed E-state index contributed by atoms with van der Waals surface area (Å²) in [4.78, 5) is 26.7. The van der Waals surface area contributed by atoms with Gasteiger partial charge in [0.2, 0.25) is 15.9 Å². The van der Waals surface area contributed by atoms with Crippen molar-refractivity contribution in [2.24, 2.45) is 0 Å². The van der Waals surface area contributed by atoms with Crippen LogP contribution in [0.15, 0.2) is 41.8 Å². The molecule has 0 saturated carbocycles. The summed E-state index contributed by atoms with van der Waals surface area (Å²) >= 11 is 0. The van der Waals surface area contributed by atoms with Gasteiger partial charge >= 0.3 is 0 Å². The highest BCUT2D eigenvalue weighted by Crippen LogP contribution is 2.42. The predicted octanol–water partition coefficient (Wildman–Crippen LogP) is 1.76. The van der Waals surface area contributed by atoms with Crippen molar-refractivity contribution in [3.8, 4) is 0 Å². The number of rotatable bonds is 8. The van der Waals surface area contributed by atoms with Crippen LogP contribution in [0.4, 0.5) is 0 Å². The summed E-state index contributed by atoms with van der Waals surface area (Å²) in [6, 6.07) is 5.91. The third kappa shape index (κ3) is 6.49. The van der Waals surface area contributed by atoms with Crippen molar-refractivity contribution in [3.63, 3.8) is 0 Å². The molecule has 10 heteroatoms. The summed E-state index contributed by atoms with van der Waals surface area (Å²) in [6.45, 7) is 15.4. The van der Waals surface area contributed by atoms with E-state index >= 15 is 0 Å². The Labute approximate surface area is 208 Å². The van der Waals surface area contributed by atoms with Crippen LogP contribution in [0.1, 0.15) is 50.9 Å². The number of carbonyl (C=O) groups is 2. The van der Waals surface area contributed by atoms with Gasteiger partial charge in [0.1, 0.15) is 0 Å². The summed E-state index contributed by atoms with van der Waals surface area (Å²) in [5.41, 5.74) is -1.07. The number of nitrogens with zero attached hydrogens (tertiary/aromatic N) is 2. The highest BCUT2D eigenvalue weighted by atomic mass is 32.2. The molecule has 2 saturated heterocycles. The highest BCUT2D eigenvalue weighted by Gasteiger charge is 2.51. The van der Waals surface area contributed by atoms with Gasteiger partial charge in [0.25, 0.3) is 5.91 Å². The van der Waals surface area contributed by atoms with E-state index in [1.807, 2.05) is 27.7 Å². The fraction of sp³-hybridized carbons (Fsp3) is 0.600. The first kappa shape index (κ1) is 27.3. The van der Waals surface area contributed by atoms with Crippen molar-refractivity contribution in [2.45, 2.75) is 62.6 Å². The van der Waals surface area contributed by atoms with Gasteiger partial charge in [-0.1, -0.05) is 6.58 Å². The maximum atomic E-state index is 13.7. The standard InChI is InChI=1S/C25H38N4O5S/c1-6-22(30)27-20-17-24(2,3)29(25(4,5)18-20)35(32,33)21-9-7-19(8-10-21)23(31)26-11-12-28-13-15-34-16-14-28/h6-10,20H,1,11-18H2,2-5H3,(H,26,31)(H,27,30). The normalized spacial score (nSPS) is 21.3. The van der Waals surface area contributed by atoms with E-state index < -0.39 is 21.1 Å². The molecule has 0 atom stereocenters. The lowest BCUT2D eigenvalue weighted by atomic mass is 9.79. The number of piperidine rings is 1. The number of sulfonamides is 1. The summed E-state index contributed by atoms with van der Waals surface area (Å²) in [5.74, 6) is -0.502. The van der Waals surface area contributed by atoms with Gasteiger partial charge in [0.05, 0.1) is 18.1 Å². The molecule has 0 unspecified atom stereocenters. The topological polar surface area (TPSA) is 108 Å². The SMILES string of the molecule is C=CC(=O)NC1CC(C)(C)N(S(=O)(=O)c2ccc(C(=O)NCCN3CCOCC3)cc2)C(C)(C)C1. The number of ether oxygens (including phenoxy) is 1. The predicted molar refractivity (Wildman–Crippen MR) is 135 cm³/mol. The van der Waals surface area contributed by atoms with Gasteiger partial charge in [-0.2, -0.15) is 4.31 Å². The van der Waals surface area contributed by atoms with Crippen LogP contribution in [0.25, 0.3) is 0 Å². The first-order valence-corrected chi connectivity index (χ1v) is 13.5. The maximum absolute atomic E-state index is 13.7. The first-order valence-electron chi connectivity index (χ1n) is 12.0. The van der Waals surface area contributed by atoms with E-state index in [0.717, 1.165) is 19.6 Å². The molecular weight excluding hydrogens is 468 g/mol. The Morgan fingerprint density at radius 1 is 1.09 bits per heavy atom. The lowest BCUT2D eigenvalue weighted by Gasteiger charge is -2.53. The molecule has 0 aromatic heterocycles. The molecule has 2 amide bonds. The second kappa shape index (κ2) is 10.8. The lowest BCUT2D eigenvalue weighted by Crippen LogP contribution is -2.65. The Morgan fingerprint density at radius 2 is 1.66 bits per heavy atom. The molecule has 9 nitrogen and oxygen atoms in total. The summed E-state index contributed by atoms with van der Waals surface area (Å²) in [7, 11) is -3.86. The average molecular weight is 507 g/mol. The number of hydrogen-bond acceptors (Lipinski definition) is 6. The van der Waals surface area contributed by atoms with Crippen molar-refractivity contribution in [1.82, 2.24) is 19.8 Å². The molecule has 2 fully saturated rings. The second-order valence-electron chi connectivity index (χ2n) is 10.4. The minimum Gasteiger partial charge on any atom is -0.379 e. The minimum absolute atomic E-state index is 0.136. The minimum atomic E-state index is -3.86. The molecule has 194 valence electrons. The van der Waals surface area contributed by atoms with Crippen LogP contribution in [0.2, 0.25) is 0 Å². The smallest absolute Gasteiger partial charge is 0.251 e. The van der Waals surface area contributed by atoms with Gasteiger partial charge in [0, 0.05) is 48.9 Å². The number of amides is 2. The van der Waals surface area contributed by atoms with Crippen LogP contribution >= 0.6 is 0 Å². The molecule has 1 aromatic carbocycles. The Morgan fingerprint density at radius 3 is 2.20 bits per heavy atom. The van der Waals surface area contributed by atoms with E-state index in [-0.39, 0.29) is 22.8 Å². The zero-order chi connectivity index (χ0) is 25.9. The lowest BCUT2D eigenvalue weighted by molar-refractivity contribution is -0.118. The van der Waals surface area contributed by atoms with Gasteiger partial charge in [-0.25, -0.2) is 8.42 Å². The van der Waals surface area contributed by atoms with Crippen LogP contribution in [0, 0.1) is 0 Å². The van der Waals surface area contributed by atoms with Crippen molar-refractivity contribution < 1.29 is 22.7 Å². The maximum Gasteiger partial charge on any atom is 0.251 e. The van der Waals surface area contributed by atoms with E-state index in [2.05, 4.69) is 22.1 Å². The summed E-state index contributed by atoms with van der Waals surface area (Å²) < 4.78 is 34.3. The van der Waals surface area contributed by atoms with Gasteiger partial charge in [-0.3, -0.25) is 14.5 Å². The van der Waals surface area contributed by atoms with Gasteiger partial charge in [-0.15, -0.1) is 0 Å². The van der Waals surface area contributed by atoms with Gasteiger partial charge < -0.3 is 15.4 Å². The van der Waals surface area contributed by atoms with E-state index in [4.69, 9.17) is 4.74 Å². The van der Waals surface area contributed by atoms with Crippen LogP contribution < -0.4 is 10.6 Å².